The Hall–Kier alpha value is -1.89. The molecular weight excluding hydrogens is 258 g/mol. The van der Waals surface area contributed by atoms with Crippen molar-refractivity contribution < 1.29 is 5.11 Å². The summed E-state index contributed by atoms with van der Waals surface area (Å²) < 4.78 is 1.46. The fraction of sp³-hybridized carbons (Fsp3) is 0.615. The van der Waals surface area contributed by atoms with E-state index in [4.69, 9.17) is 0 Å². The molecule has 0 aliphatic carbocycles. The van der Waals surface area contributed by atoms with Crippen LogP contribution in [0.2, 0.25) is 0 Å². The van der Waals surface area contributed by atoms with Gasteiger partial charge in [-0.1, -0.05) is 0 Å². The first-order chi connectivity index (χ1) is 9.56. The van der Waals surface area contributed by atoms with Gasteiger partial charge in [0.15, 0.2) is 5.65 Å². The van der Waals surface area contributed by atoms with Crippen molar-refractivity contribution in [3.8, 4) is 0 Å². The second-order valence-electron chi connectivity index (χ2n) is 5.45. The van der Waals surface area contributed by atoms with E-state index in [1.807, 2.05) is 13.0 Å². The van der Waals surface area contributed by atoms with Crippen LogP contribution >= 0.6 is 0 Å². The van der Waals surface area contributed by atoms with E-state index < -0.39 is 0 Å². The van der Waals surface area contributed by atoms with E-state index in [0.717, 1.165) is 31.7 Å². The predicted molar refractivity (Wildman–Crippen MR) is 75.0 cm³/mol. The summed E-state index contributed by atoms with van der Waals surface area (Å²) in [4.78, 5) is 18.2. The van der Waals surface area contributed by atoms with E-state index in [1.165, 1.54) is 4.40 Å². The van der Waals surface area contributed by atoms with Gasteiger partial charge < -0.3 is 10.0 Å². The van der Waals surface area contributed by atoms with E-state index in [0.29, 0.717) is 17.4 Å². The first kappa shape index (κ1) is 13.1. The molecular formula is C13H19N5O2. The Kier molecular flexibility index (Phi) is 3.21. The Balaban J connectivity index is 1.87. The number of hydrogen-bond acceptors (Lipinski definition) is 5. The molecule has 1 unspecified atom stereocenters. The highest BCUT2D eigenvalue weighted by Gasteiger charge is 2.24. The van der Waals surface area contributed by atoms with Gasteiger partial charge in [0, 0.05) is 19.2 Å². The van der Waals surface area contributed by atoms with Gasteiger partial charge in [-0.25, -0.2) is 19.3 Å². The molecule has 7 heteroatoms. The lowest BCUT2D eigenvalue weighted by atomic mass is 9.92. The van der Waals surface area contributed by atoms with Crippen LogP contribution in [-0.2, 0) is 0 Å². The Morgan fingerprint density at radius 3 is 2.80 bits per heavy atom. The normalized spacial score (nSPS) is 18.6. The van der Waals surface area contributed by atoms with Gasteiger partial charge in [-0.2, -0.15) is 5.10 Å². The maximum atomic E-state index is 11.6. The average molecular weight is 277 g/mol. The monoisotopic (exact) mass is 277 g/mol. The number of aliphatic hydroxyl groups is 1. The van der Waals surface area contributed by atoms with Crippen LogP contribution in [0.1, 0.15) is 25.6 Å². The quantitative estimate of drug-likeness (QED) is 0.825. The second kappa shape index (κ2) is 4.90. The van der Waals surface area contributed by atoms with E-state index in [1.54, 1.807) is 6.92 Å². The first-order valence-corrected chi connectivity index (χ1v) is 6.94. The summed E-state index contributed by atoms with van der Waals surface area (Å²) in [6.45, 7) is 5.39. The molecule has 0 radical (unpaired) electrons. The fourth-order valence-corrected chi connectivity index (χ4v) is 2.86. The Bertz CT molecular complexity index is 667. The molecule has 1 atom stereocenters. The lowest BCUT2D eigenvalue weighted by Crippen LogP contribution is -2.37. The number of aromatic amines is 1. The number of aromatic nitrogens is 4. The largest absolute Gasteiger partial charge is 0.393 e. The van der Waals surface area contributed by atoms with Crippen LogP contribution in [0.5, 0.6) is 0 Å². The maximum Gasteiger partial charge on any atom is 0.349 e. The standard InChI is InChI=1S/C13H19N5O2/c1-8(19)10-3-5-17(6-4-10)11-7-12-15-16-13(20)18(12)9(2)14-11/h7-8,10,19H,3-6H2,1-2H3,(H,16,20). The summed E-state index contributed by atoms with van der Waals surface area (Å²) in [6, 6.07) is 1.83. The zero-order valence-electron chi connectivity index (χ0n) is 11.7. The third-order valence-corrected chi connectivity index (χ3v) is 4.10. The van der Waals surface area contributed by atoms with Crippen LogP contribution in [0.4, 0.5) is 5.82 Å². The number of aryl methyl sites for hydroxylation is 1. The summed E-state index contributed by atoms with van der Waals surface area (Å²) >= 11 is 0. The van der Waals surface area contributed by atoms with Gasteiger partial charge in [-0.15, -0.1) is 0 Å². The molecule has 0 aromatic carbocycles. The van der Waals surface area contributed by atoms with E-state index in [2.05, 4.69) is 20.1 Å². The Morgan fingerprint density at radius 2 is 2.15 bits per heavy atom. The molecule has 2 aromatic heterocycles. The molecule has 20 heavy (non-hydrogen) atoms. The van der Waals surface area contributed by atoms with Crippen molar-refractivity contribution in [2.45, 2.75) is 32.8 Å². The topological polar surface area (TPSA) is 86.5 Å². The summed E-state index contributed by atoms with van der Waals surface area (Å²) in [5.41, 5.74) is 0.333. The minimum Gasteiger partial charge on any atom is -0.393 e. The summed E-state index contributed by atoms with van der Waals surface area (Å²) in [6.07, 6.45) is 1.66. The van der Waals surface area contributed by atoms with Gasteiger partial charge in [0.25, 0.3) is 0 Å². The molecule has 1 aliphatic heterocycles. The second-order valence-corrected chi connectivity index (χ2v) is 5.45. The molecule has 7 nitrogen and oxygen atoms in total. The van der Waals surface area contributed by atoms with Crippen LogP contribution in [0.3, 0.4) is 0 Å². The zero-order chi connectivity index (χ0) is 14.3. The number of hydrogen-bond donors (Lipinski definition) is 2. The van der Waals surface area contributed by atoms with E-state index in [-0.39, 0.29) is 11.8 Å². The molecule has 0 saturated carbocycles. The maximum absolute atomic E-state index is 11.6. The van der Waals surface area contributed by atoms with Crippen LogP contribution in [0.15, 0.2) is 10.9 Å². The van der Waals surface area contributed by atoms with Crippen LogP contribution < -0.4 is 10.6 Å². The van der Waals surface area contributed by atoms with Crippen molar-refractivity contribution in [1.29, 1.82) is 0 Å². The van der Waals surface area contributed by atoms with Crippen molar-refractivity contribution in [1.82, 2.24) is 19.6 Å². The van der Waals surface area contributed by atoms with Gasteiger partial charge in [0.05, 0.1) is 6.10 Å². The third-order valence-electron chi connectivity index (χ3n) is 4.10. The number of fused-ring (bicyclic) bond motifs is 1. The Morgan fingerprint density at radius 1 is 1.45 bits per heavy atom. The number of nitrogens with one attached hydrogen (secondary N) is 1. The van der Waals surface area contributed by atoms with Crippen LogP contribution in [0.25, 0.3) is 5.65 Å². The molecule has 1 saturated heterocycles. The lowest BCUT2D eigenvalue weighted by molar-refractivity contribution is 0.110. The van der Waals surface area contributed by atoms with Crippen molar-refractivity contribution in [2.75, 3.05) is 18.0 Å². The van der Waals surface area contributed by atoms with Crippen LogP contribution in [0, 0.1) is 12.8 Å². The van der Waals surface area contributed by atoms with Gasteiger partial charge in [-0.05, 0) is 32.6 Å². The summed E-state index contributed by atoms with van der Waals surface area (Å²) in [7, 11) is 0. The fourth-order valence-electron chi connectivity index (χ4n) is 2.86. The number of anilines is 1. The minimum absolute atomic E-state index is 0.251. The van der Waals surface area contributed by atoms with Crippen LogP contribution in [-0.4, -0.2) is 43.9 Å². The minimum atomic E-state index is -0.260. The van der Waals surface area contributed by atoms with Gasteiger partial charge >= 0.3 is 5.69 Å². The predicted octanol–water partition coefficient (Wildman–Crippen LogP) is 0.323. The highest BCUT2D eigenvalue weighted by atomic mass is 16.3. The van der Waals surface area contributed by atoms with Gasteiger partial charge in [0.1, 0.15) is 11.6 Å². The number of H-pyrrole nitrogens is 1. The SMILES string of the molecule is Cc1nc(N2CCC(C(C)O)CC2)cc2n[nH]c(=O)n12. The third kappa shape index (κ3) is 2.18. The molecule has 0 bridgehead atoms. The summed E-state index contributed by atoms with van der Waals surface area (Å²) in [5.74, 6) is 1.84. The highest BCUT2D eigenvalue weighted by Crippen LogP contribution is 2.24. The molecule has 3 rings (SSSR count). The molecule has 2 aromatic rings. The number of piperidine rings is 1. The zero-order valence-corrected chi connectivity index (χ0v) is 11.7. The Labute approximate surface area is 116 Å². The smallest absolute Gasteiger partial charge is 0.349 e. The van der Waals surface area contributed by atoms with E-state index in [9.17, 15) is 9.90 Å². The molecule has 2 N–H and O–H groups in total. The summed E-state index contributed by atoms with van der Waals surface area (Å²) in [5, 5.41) is 16.1. The number of rotatable bonds is 2. The molecule has 3 heterocycles. The van der Waals surface area contributed by atoms with Gasteiger partial charge in [-0.3, -0.25) is 0 Å². The molecule has 0 spiro atoms. The van der Waals surface area contributed by atoms with Crippen molar-refractivity contribution in [3.63, 3.8) is 0 Å². The lowest BCUT2D eigenvalue weighted by Gasteiger charge is -2.34. The number of nitrogens with zero attached hydrogens (tertiary/aromatic N) is 4. The first-order valence-electron chi connectivity index (χ1n) is 6.94. The van der Waals surface area contributed by atoms with Crippen molar-refractivity contribution in [2.24, 2.45) is 5.92 Å². The average Bonchev–Trinajstić information content (AvgIpc) is 2.81. The molecule has 1 fully saturated rings. The molecule has 108 valence electrons. The van der Waals surface area contributed by atoms with Crippen molar-refractivity contribution >= 4 is 11.5 Å². The van der Waals surface area contributed by atoms with Crippen molar-refractivity contribution in [3.05, 3.63) is 22.4 Å². The van der Waals surface area contributed by atoms with E-state index >= 15 is 0 Å². The molecule has 0 amide bonds. The highest BCUT2D eigenvalue weighted by molar-refractivity contribution is 5.51. The number of aliphatic hydroxyl groups excluding tert-OH is 1. The van der Waals surface area contributed by atoms with Gasteiger partial charge in [0.2, 0.25) is 0 Å². The molecule has 1 aliphatic rings.